The smallest absolute Gasteiger partial charge is 0.304 e. The van der Waals surface area contributed by atoms with Crippen molar-refractivity contribution >= 4 is 32.0 Å². The monoisotopic (exact) mass is 329 g/mol. The second kappa shape index (κ2) is 4.79. The summed E-state index contributed by atoms with van der Waals surface area (Å²) in [6.07, 6.45) is 3.40. The van der Waals surface area contributed by atoms with Crippen molar-refractivity contribution in [3.63, 3.8) is 0 Å². The van der Waals surface area contributed by atoms with Crippen LogP contribution in [0.2, 0.25) is 0 Å². The summed E-state index contributed by atoms with van der Waals surface area (Å²) in [6.45, 7) is 0.926. The molecule has 0 saturated carbocycles. The molecule has 9 nitrogen and oxygen atoms in total. The molecule has 0 bridgehead atoms. The highest BCUT2D eigenvalue weighted by molar-refractivity contribution is 7.91. The van der Waals surface area contributed by atoms with E-state index in [-0.39, 0.29) is 28.0 Å². The van der Waals surface area contributed by atoms with Gasteiger partial charge in [0.1, 0.15) is 10.0 Å². The van der Waals surface area contributed by atoms with Gasteiger partial charge in [0.15, 0.2) is 5.00 Å². The minimum absolute atomic E-state index is 0.114. The summed E-state index contributed by atoms with van der Waals surface area (Å²) in [6, 6.07) is 1.01. The molecule has 1 aliphatic heterocycles. The lowest BCUT2D eigenvalue weighted by molar-refractivity contribution is -0.383. The van der Waals surface area contributed by atoms with Gasteiger partial charge >= 0.3 is 5.69 Å². The van der Waals surface area contributed by atoms with Crippen LogP contribution in [0.3, 0.4) is 0 Å². The molecule has 0 amide bonds. The first-order valence-corrected chi connectivity index (χ1v) is 8.19. The lowest BCUT2D eigenvalue weighted by atomic mass is 10.4. The van der Waals surface area contributed by atoms with Crippen molar-refractivity contribution in [2.24, 2.45) is 0 Å². The Kier molecular flexibility index (Phi) is 3.19. The van der Waals surface area contributed by atoms with E-state index in [0.717, 1.165) is 6.07 Å². The third-order valence-corrected chi connectivity index (χ3v) is 6.47. The van der Waals surface area contributed by atoms with Crippen LogP contribution >= 0.6 is 11.3 Å². The predicted octanol–water partition coefficient (Wildman–Crippen LogP) is 0.639. The number of anilines is 1. The number of fused-ring (bicyclic) bond motifs is 1. The zero-order valence-electron chi connectivity index (χ0n) is 10.7. The van der Waals surface area contributed by atoms with Crippen LogP contribution in [0.15, 0.2) is 22.7 Å². The van der Waals surface area contributed by atoms with Crippen molar-refractivity contribution in [3.8, 4) is 0 Å². The van der Waals surface area contributed by atoms with Crippen molar-refractivity contribution in [2.75, 3.05) is 12.3 Å². The molecule has 0 radical (unpaired) electrons. The maximum atomic E-state index is 12.5. The number of nitrogen functional groups attached to an aromatic ring is 1. The second-order valence-electron chi connectivity index (χ2n) is 4.45. The van der Waals surface area contributed by atoms with Crippen LogP contribution in [-0.2, 0) is 23.1 Å². The van der Waals surface area contributed by atoms with E-state index in [0.29, 0.717) is 23.7 Å². The third-order valence-electron chi connectivity index (χ3n) is 3.22. The van der Waals surface area contributed by atoms with Crippen molar-refractivity contribution < 1.29 is 13.3 Å². The molecule has 2 aromatic heterocycles. The van der Waals surface area contributed by atoms with E-state index in [2.05, 4.69) is 4.98 Å². The number of imidazole rings is 1. The SMILES string of the molecule is Nc1sc(S(=O)(=O)N2CCn3ccnc3C2)cc1[N+](=O)[O-]. The highest BCUT2D eigenvalue weighted by Gasteiger charge is 2.32. The molecule has 21 heavy (non-hydrogen) atoms. The van der Waals surface area contributed by atoms with Gasteiger partial charge in [0.05, 0.1) is 11.5 Å². The Morgan fingerprint density at radius 2 is 2.19 bits per heavy atom. The molecule has 0 spiro atoms. The van der Waals surface area contributed by atoms with Gasteiger partial charge in [0, 0.05) is 31.5 Å². The quantitative estimate of drug-likeness (QED) is 0.651. The lowest BCUT2D eigenvalue weighted by Crippen LogP contribution is -2.37. The average Bonchev–Trinajstić information content (AvgIpc) is 3.03. The van der Waals surface area contributed by atoms with E-state index in [1.165, 1.54) is 4.31 Å². The summed E-state index contributed by atoms with van der Waals surface area (Å²) in [5.74, 6) is 0.642. The maximum absolute atomic E-state index is 12.5. The Hall–Kier alpha value is -1.98. The fraction of sp³-hybridized carbons (Fsp3) is 0.300. The van der Waals surface area contributed by atoms with Crippen LogP contribution in [-0.4, -0.2) is 33.7 Å². The fourth-order valence-corrected chi connectivity index (χ4v) is 4.88. The topological polar surface area (TPSA) is 124 Å². The van der Waals surface area contributed by atoms with E-state index in [1.54, 1.807) is 12.4 Å². The Labute approximate surface area is 123 Å². The molecule has 0 aromatic carbocycles. The van der Waals surface area contributed by atoms with Gasteiger partial charge in [-0.3, -0.25) is 10.1 Å². The highest BCUT2D eigenvalue weighted by atomic mass is 32.2. The van der Waals surface area contributed by atoms with Gasteiger partial charge in [0.2, 0.25) is 0 Å². The van der Waals surface area contributed by atoms with E-state index >= 15 is 0 Å². The maximum Gasteiger partial charge on any atom is 0.304 e. The zero-order valence-corrected chi connectivity index (χ0v) is 12.3. The number of hydrogen-bond donors (Lipinski definition) is 1. The molecule has 0 atom stereocenters. The molecule has 0 aliphatic carbocycles. The summed E-state index contributed by atoms with van der Waals surface area (Å²) < 4.78 is 28.1. The second-order valence-corrected chi connectivity index (χ2v) is 7.70. The van der Waals surface area contributed by atoms with Crippen molar-refractivity contribution in [1.29, 1.82) is 0 Å². The largest absolute Gasteiger partial charge is 0.385 e. The first-order valence-electron chi connectivity index (χ1n) is 5.93. The molecule has 0 unspecified atom stereocenters. The zero-order chi connectivity index (χ0) is 15.2. The van der Waals surface area contributed by atoms with Gasteiger partial charge in [-0.1, -0.05) is 11.3 Å². The summed E-state index contributed by atoms with van der Waals surface area (Å²) in [5.41, 5.74) is 5.13. The normalized spacial score (nSPS) is 15.8. The first-order chi connectivity index (χ1) is 9.89. The summed E-state index contributed by atoms with van der Waals surface area (Å²) >= 11 is 0.706. The van der Waals surface area contributed by atoms with Crippen molar-refractivity contribution in [2.45, 2.75) is 17.3 Å². The number of sulfonamides is 1. The molecule has 2 N–H and O–H groups in total. The number of nitrogens with zero attached hydrogens (tertiary/aromatic N) is 4. The fourth-order valence-electron chi connectivity index (χ4n) is 2.13. The van der Waals surface area contributed by atoms with Crippen LogP contribution < -0.4 is 5.73 Å². The number of aromatic nitrogens is 2. The predicted molar refractivity (Wildman–Crippen MR) is 75.2 cm³/mol. The summed E-state index contributed by atoms with van der Waals surface area (Å²) in [7, 11) is -3.80. The number of rotatable bonds is 3. The summed E-state index contributed by atoms with van der Waals surface area (Å²) in [5, 5.41) is 10.7. The van der Waals surface area contributed by atoms with E-state index < -0.39 is 14.9 Å². The molecule has 1 aliphatic rings. The van der Waals surface area contributed by atoms with Crippen LogP contribution in [0.1, 0.15) is 5.82 Å². The van der Waals surface area contributed by atoms with Gasteiger partial charge in [-0.2, -0.15) is 4.31 Å². The molecule has 112 valence electrons. The van der Waals surface area contributed by atoms with E-state index in [4.69, 9.17) is 5.73 Å². The van der Waals surface area contributed by atoms with Gasteiger partial charge < -0.3 is 10.3 Å². The molecule has 3 rings (SSSR count). The highest BCUT2D eigenvalue weighted by Crippen LogP contribution is 2.36. The Morgan fingerprint density at radius 3 is 2.86 bits per heavy atom. The minimum Gasteiger partial charge on any atom is -0.385 e. The molecular formula is C10H11N5O4S2. The average molecular weight is 329 g/mol. The van der Waals surface area contributed by atoms with Gasteiger partial charge in [-0.15, -0.1) is 0 Å². The number of hydrogen-bond acceptors (Lipinski definition) is 7. The van der Waals surface area contributed by atoms with Crippen LogP contribution in [0.5, 0.6) is 0 Å². The van der Waals surface area contributed by atoms with E-state index in [1.807, 2.05) is 4.57 Å². The van der Waals surface area contributed by atoms with Gasteiger partial charge in [0.25, 0.3) is 10.0 Å². The van der Waals surface area contributed by atoms with Crippen molar-refractivity contribution in [3.05, 3.63) is 34.4 Å². The number of thiophene rings is 1. The van der Waals surface area contributed by atoms with Gasteiger partial charge in [-0.05, 0) is 0 Å². The minimum atomic E-state index is -3.80. The molecule has 11 heteroatoms. The van der Waals surface area contributed by atoms with Crippen molar-refractivity contribution in [1.82, 2.24) is 13.9 Å². The van der Waals surface area contributed by atoms with Crippen LogP contribution in [0.25, 0.3) is 0 Å². The van der Waals surface area contributed by atoms with Gasteiger partial charge in [-0.25, -0.2) is 13.4 Å². The summed E-state index contributed by atoms with van der Waals surface area (Å²) in [4.78, 5) is 14.2. The number of nitrogens with two attached hydrogens (primary N) is 1. The van der Waals surface area contributed by atoms with Crippen LogP contribution in [0, 0.1) is 10.1 Å². The third kappa shape index (κ3) is 2.28. The molecule has 3 heterocycles. The molecular weight excluding hydrogens is 318 g/mol. The lowest BCUT2D eigenvalue weighted by Gasteiger charge is -2.26. The molecule has 0 saturated heterocycles. The van der Waals surface area contributed by atoms with E-state index in [9.17, 15) is 18.5 Å². The Bertz CT molecular complexity index is 809. The molecule has 0 fully saturated rings. The standard InChI is InChI=1S/C10H11N5O4S2/c11-10-7(15(16)17)5-9(20-10)21(18,19)14-4-3-13-2-1-12-8(13)6-14/h1-2,5H,3-4,6,11H2. The Balaban J connectivity index is 1.95. The first kappa shape index (κ1) is 14.0. The number of nitro groups is 1. The molecule has 2 aromatic rings. The Morgan fingerprint density at radius 1 is 1.43 bits per heavy atom. The van der Waals surface area contributed by atoms with Crippen LogP contribution in [0.4, 0.5) is 10.7 Å².